The minimum absolute atomic E-state index is 0.102. The van der Waals surface area contributed by atoms with Crippen LogP contribution in [0.5, 0.6) is 0 Å². The number of hydrogen-bond acceptors (Lipinski definition) is 3. The molecule has 1 amide bonds. The Morgan fingerprint density at radius 3 is 3.00 bits per heavy atom. The van der Waals surface area contributed by atoms with Gasteiger partial charge in [0.15, 0.2) is 0 Å². The molecular formula is C12H18N2OS. The van der Waals surface area contributed by atoms with E-state index in [-0.39, 0.29) is 18.0 Å². The Hall–Kier alpha value is -0.870. The van der Waals surface area contributed by atoms with E-state index >= 15 is 0 Å². The van der Waals surface area contributed by atoms with Gasteiger partial charge >= 0.3 is 0 Å². The van der Waals surface area contributed by atoms with Crippen LogP contribution in [0.4, 0.5) is 0 Å². The summed E-state index contributed by atoms with van der Waals surface area (Å²) in [5.41, 5.74) is 5.99. The zero-order chi connectivity index (χ0) is 11.4. The highest BCUT2D eigenvalue weighted by molar-refractivity contribution is 7.10. The lowest BCUT2D eigenvalue weighted by Gasteiger charge is -2.29. The van der Waals surface area contributed by atoms with Crippen molar-refractivity contribution in [1.82, 2.24) is 5.32 Å². The molecule has 0 aromatic carbocycles. The highest BCUT2D eigenvalue weighted by atomic mass is 32.1. The molecule has 0 aliphatic heterocycles. The van der Waals surface area contributed by atoms with Crippen LogP contribution in [-0.2, 0) is 11.2 Å². The number of rotatable bonds is 3. The highest BCUT2D eigenvalue weighted by Gasteiger charge is 2.23. The summed E-state index contributed by atoms with van der Waals surface area (Å²) in [5.74, 6) is 0.102. The Labute approximate surface area is 100 Å². The summed E-state index contributed by atoms with van der Waals surface area (Å²) in [6, 6.07) is 4.28. The summed E-state index contributed by atoms with van der Waals surface area (Å²) >= 11 is 1.62. The molecule has 3 nitrogen and oxygen atoms in total. The lowest BCUT2D eigenvalue weighted by Crippen LogP contribution is -2.49. The van der Waals surface area contributed by atoms with Crippen LogP contribution in [0.2, 0.25) is 0 Å². The molecule has 1 heterocycles. The maximum atomic E-state index is 11.8. The van der Waals surface area contributed by atoms with Crippen molar-refractivity contribution in [2.24, 2.45) is 5.73 Å². The normalized spacial score (nSPS) is 25.3. The summed E-state index contributed by atoms with van der Waals surface area (Å²) in [5, 5.41) is 5.04. The Bertz CT molecular complexity index is 337. The lowest BCUT2D eigenvalue weighted by atomic mass is 9.91. The van der Waals surface area contributed by atoms with Crippen LogP contribution in [0, 0.1) is 0 Å². The minimum atomic E-state index is 0.102. The number of carbonyl (C=O) groups excluding carboxylic acids is 1. The third-order valence-corrected chi connectivity index (χ3v) is 3.96. The fraction of sp³-hybridized carbons (Fsp3) is 0.583. The van der Waals surface area contributed by atoms with Crippen LogP contribution >= 0.6 is 11.3 Å². The van der Waals surface area contributed by atoms with Crippen molar-refractivity contribution in [2.45, 2.75) is 44.2 Å². The second kappa shape index (κ2) is 5.46. The Kier molecular flexibility index (Phi) is 3.96. The molecule has 2 unspecified atom stereocenters. The number of hydrogen-bond donors (Lipinski definition) is 2. The van der Waals surface area contributed by atoms with Crippen LogP contribution in [-0.4, -0.2) is 18.0 Å². The molecule has 16 heavy (non-hydrogen) atoms. The van der Waals surface area contributed by atoms with Gasteiger partial charge in [0.2, 0.25) is 5.91 Å². The van der Waals surface area contributed by atoms with Crippen molar-refractivity contribution < 1.29 is 4.79 Å². The van der Waals surface area contributed by atoms with E-state index in [4.69, 9.17) is 5.73 Å². The van der Waals surface area contributed by atoms with Crippen molar-refractivity contribution in [3.63, 3.8) is 0 Å². The van der Waals surface area contributed by atoms with Gasteiger partial charge in [0, 0.05) is 17.0 Å². The van der Waals surface area contributed by atoms with Gasteiger partial charge in [0.25, 0.3) is 0 Å². The molecule has 1 fully saturated rings. The molecule has 2 rings (SSSR count). The van der Waals surface area contributed by atoms with Gasteiger partial charge in [-0.15, -0.1) is 11.3 Å². The maximum Gasteiger partial charge on any atom is 0.225 e. The van der Waals surface area contributed by atoms with E-state index in [2.05, 4.69) is 5.32 Å². The van der Waals surface area contributed by atoms with Gasteiger partial charge in [-0.25, -0.2) is 0 Å². The van der Waals surface area contributed by atoms with Gasteiger partial charge < -0.3 is 11.1 Å². The van der Waals surface area contributed by atoms with Gasteiger partial charge in [0.05, 0.1) is 6.42 Å². The summed E-state index contributed by atoms with van der Waals surface area (Å²) in [6.45, 7) is 0. The van der Waals surface area contributed by atoms with Crippen molar-refractivity contribution >= 4 is 17.2 Å². The first-order valence-corrected chi connectivity index (χ1v) is 6.71. The minimum Gasteiger partial charge on any atom is -0.351 e. The third kappa shape index (κ3) is 3.06. The molecule has 1 aromatic heterocycles. The van der Waals surface area contributed by atoms with Gasteiger partial charge in [-0.1, -0.05) is 18.9 Å². The van der Waals surface area contributed by atoms with E-state index in [0.29, 0.717) is 6.42 Å². The lowest BCUT2D eigenvalue weighted by molar-refractivity contribution is -0.121. The van der Waals surface area contributed by atoms with E-state index in [1.54, 1.807) is 11.3 Å². The van der Waals surface area contributed by atoms with E-state index in [9.17, 15) is 4.79 Å². The van der Waals surface area contributed by atoms with Gasteiger partial charge in [-0.2, -0.15) is 0 Å². The van der Waals surface area contributed by atoms with Crippen LogP contribution in [0.15, 0.2) is 17.5 Å². The zero-order valence-electron chi connectivity index (χ0n) is 9.32. The fourth-order valence-electron chi connectivity index (χ4n) is 2.17. The molecule has 0 saturated heterocycles. The predicted octanol–water partition coefficient (Wildman–Crippen LogP) is 1.68. The summed E-state index contributed by atoms with van der Waals surface area (Å²) < 4.78 is 0. The second-order valence-electron chi connectivity index (χ2n) is 4.38. The average molecular weight is 238 g/mol. The molecular weight excluding hydrogens is 220 g/mol. The molecule has 0 bridgehead atoms. The van der Waals surface area contributed by atoms with E-state index in [1.807, 2.05) is 17.5 Å². The topological polar surface area (TPSA) is 55.1 Å². The molecule has 3 N–H and O–H groups in total. The SMILES string of the molecule is NC1CCCCC1NC(=O)Cc1cccs1. The summed E-state index contributed by atoms with van der Waals surface area (Å²) in [4.78, 5) is 12.9. The number of nitrogens with one attached hydrogen (secondary N) is 1. The first kappa shape index (κ1) is 11.6. The first-order chi connectivity index (χ1) is 7.75. The van der Waals surface area contributed by atoms with E-state index in [0.717, 1.165) is 17.7 Å². The molecule has 1 aliphatic carbocycles. The van der Waals surface area contributed by atoms with Crippen molar-refractivity contribution in [3.05, 3.63) is 22.4 Å². The maximum absolute atomic E-state index is 11.8. The van der Waals surface area contributed by atoms with Gasteiger partial charge in [-0.3, -0.25) is 4.79 Å². The van der Waals surface area contributed by atoms with Crippen LogP contribution in [0.25, 0.3) is 0 Å². The van der Waals surface area contributed by atoms with Crippen LogP contribution in [0.1, 0.15) is 30.6 Å². The molecule has 0 spiro atoms. The number of nitrogens with two attached hydrogens (primary N) is 1. The summed E-state index contributed by atoms with van der Waals surface area (Å²) in [6.07, 6.45) is 4.91. The van der Waals surface area contributed by atoms with Crippen molar-refractivity contribution in [3.8, 4) is 0 Å². The largest absolute Gasteiger partial charge is 0.351 e. The third-order valence-electron chi connectivity index (χ3n) is 3.08. The first-order valence-electron chi connectivity index (χ1n) is 5.83. The quantitative estimate of drug-likeness (QED) is 0.841. The zero-order valence-corrected chi connectivity index (χ0v) is 10.1. The smallest absolute Gasteiger partial charge is 0.225 e. The molecule has 0 radical (unpaired) electrons. The van der Waals surface area contributed by atoms with Crippen molar-refractivity contribution in [1.29, 1.82) is 0 Å². The number of amides is 1. The van der Waals surface area contributed by atoms with Crippen LogP contribution in [0.3, 0.4) is 0 Å². The molecule has 2 atom stereocenters. The van der Waals surface area contributed by atoms with Gasteiger partial charge in [0.1, 0.15) is 0 Å². The number of thiophene rings is 1. The molecule has 1 aromatic rings. The fourth-order valence-corrected chi connectivity index (χ4v) is 2.87. The monoisotopic (exact) mass is 238 g/mol. The molecule has 1 saturated carbocycles. The van der Waals surface area contributed by atoms with E-state index < -0.39 is 0 Å². The molecule has 4 heteroatoms. The summed E-state index contributed by atoms with van der Waals surface area (Å²) in [7, 11) is 0. The van der Waals surface area contributed by atoms with Crippen LogP contribution < -0.4 is 11.1 Å². The van der Waals surface area contributed by atoms with Crippen molar-refractivity contribution in [2.75, 3.05) is 0 Å². The number of carbonyl (C=O) groups is 1. The predicted molar refractivity (Wildman–Crippen MR) is 66.4 cm³/mol. The highest BCUT2D eigenvalue weighted by Crippen LogP contribution is 2.17. The molecule has 1 aliphatic rings. The Balaban J connectivity index is 1.82. The molecule has 88 valence electrons. The second-order valence-corrected chi connectivity index (χ2v) is 5.41. The Morgan fingerprint density at radius 2 is 2.31 bits per heavy atom. The van der Waals surface area contributed by atoms with Gasteiger partial charge in [-0.05, 0) is 24.3 Å². The standard InChI is InChI=1S/C12H18N2OS/c13-10-5-1-2-6-11(10)14-12(15)8-9-4-3-7-16-9/h3-4,7,10-11H,1-2,5-6,8,13H2,(H,14,15). The van der Waals surface area contributed by atoms with E-state index in [1.165, 1.54) is 12.8 Å². The average Bonchev–Trinajstić information content (AvgIpc) is 2.74. The Morgan fingerprint density at radius 1 is 1.50 bits per heavy atom.